The molecule has 4 amide bonds. The quantitative estimate of drug-likeness (QED) is 0.0607. The summed E-state index contributed by atoms with van der Waals surface area (Å²) < 4.78 is 138. The summed E-state index contributed by atoms with van der Waals surface area (Å²) in [4.78, 5) is 103. The van der Waals surface area contributed by atoms with Crippen LogP contribution in [0.3, 0.4) is 0 Å². The van der Waals surface area contributed by atoms with Crippen LogP contribution in [-0.2, 0) is 29.2 Å². The molecule has 0 saturated carbocycles. The Morgan fingerprint density at radius 3 is 1.27 bits per heavy atom. The van der Waals surface area contributed by atoms with Crippen molar-refractivity contribution in [3.8, 4) is 34.2 Å². The highest BCUT2D eigenvalue weighted by atomic mass is 35.5. The number of hydrogen-bond acceptors (Lipinski definition) is 19. The highest BCUT2D eigenvalue weighted by molar-refractivity contribution is 7.88. The van der Waals surface area contributed by atoms with Crippen molar-refractivity contribution in [3.05, 3.63) is 107 Å². The van der Waals surface area contributed by atoms with Gasteiger partial charge in [-0.15, -0.1) is 0 Å². The van der Waals surface area contributed by atoms with Crippen LogP contribution in [0.15, 0.2) is 92.2 Å². The van der Waals surface area contributed by atoms with E-state index in [9.17, 15) is 72.2 Å². The third-order valence-corrected chi connectivity index (χ3v) is 17.1. The van der Waals surface area contributed by atoms with Gasteiger partial charge in [-0.25, -0.2) is 53.3 Å². The molecule has 0 radical (unpaired) electrons. The Kier molecular flexibility index (Phi) is 20.9. The van der Waals surface area contributed by atoms with Crippen LogP contribution in [0.25, 0.3) is 67.3 Å². The van der Waals surface area contributed by atoms with Gasteiger partial charge in [-0.2, -0.15) is 43.8 Å². The third-order valence-electron chi connectivity index (χ3n) is 15.2. The molecule has 0 aromatic carbocycles. The number of fused-ring (bicyclic) bond motifs is 3. The van der Waals surface area contributed by atoms with E-state index < -0.39 is 90.1 Å². The average molecular weight is 1440 g/mol. The fourth-order valence-corrected chi connectivity index (χ4v) is 12.1. The summed E-state index contributed by atoms with van der Waals surface area (Å²) in [7, 11) is -3.67. The van der Waals surface area contributed by atoms with Crippen molar-refractivity contribution in [2.75, 3.05) is 86.4 Å². The molecule has 12 heterocycles. The maximum absolute atomic E-state index is 12.7. The van der Waals surface area contributed by atoms with Gasteiger partial charge in [0, 0.05) is 141 Å². The van der Waals surface area contributed by atoms with Crippen LogP contribution >= 0.6 is 34.8 Å². The number of pyridine rings is 3. The van der Waals surface area contributed by atoms with Crippen LogP contribution in [0.2, 0.25) is 15.1 Å². The predicted octanol–water partition coefficient (Wildman–Crippen LogP) is 6.48. The molecule has 4 atom stereocenters. The van der Waals surface area contributed by atoms with Crippen LogP contribution in [0.4, 0.5) is 57.0 Å². The number of anilines is 3. The summed E-state index contributed by atoms with van der Waals surface area (Å²) in [6.45, 7) is -2.85. The first kappa shape index (κ1) is 70.5. The van der Waals surface area contributed by atoms with Crippen molar-refractivity contribution >= 4 is 119 Å². The number of nitrogens with zero attached hydrogens (tertiary/aromatic N) is 14. The van der Waals surface area contributed by atoms with Gasteiger partial charge in [-0.1, -0.05) is 34.8 Å². The van der Waals surface area contributed by atoms with Crippen molar-refractivity contribution in [2.24, 2.45) is 0 Å². The fourth-order valence-electron chi connectivity index (χ4n) is 10.8. The van der Waals surface area contributed by atoms with E-state index in [0.717, 1.165) is 10.6 Å². The molecule has 9 aromatic heterocycles. The summed E-state index contributed by atoms with van der Waals surface area (Å²) >= 11 is 18.1. The second-order valence-electron chi connectivity index (χ2n) is 22.0. The Bertz CT molecular complexity index is 4510. The molecule has 7 N–H and O–H groups in total. The number of aromatic amines is 3. The fraction of sp³-hybridized carbons (Fsp3) is 0.351. The number of carbonyl (C=O) groups excluding carboxylic acids is 4. The Morgan fingerprint density at radius 1 is 0.536 bits per heavy atom. The molecule has 40 heteroatoms. The molecule has 9 aromatic rings. The minimum atomic E-state index is -4.61. The molecule has 0 bridgehead atoms. The predicted molar refractivity (Wildman–Crippen MR) is 336 cm³/mol. The molecule has 0 aliphatic carbocycles. The zero-order chi connectivity index (χ0) is 69.9. The molecule has 27 nitrogen and oxygen atoms in total. The van der Waals surface area contributed by atoms with E-state index >= 15 is 0 Å². The molecule has 1 unspecified atom stereocenters. The van der Waals surface area contributed by atoms with E-state index in [0.29, 0.717) is 94.7 Å². The smallest absolute Gasteiger partial charge is 0.391 e. The highest BCUT2D eigenvalue weighted by Crippen LogP contribution is 2.34. The lowest BCUT2D eigenvalue weighted by Crippen LogP contribution is -2.60. The Hall–Kier alpha value is -9.30. The molecule has 12 rings (SSSR count). The van der Waals surface area contributed by atoms with E-state index in [4.69, 9.17) is 34.8 Å². The Morgan fingerprint density at radius 2 is 0.897 bits per heavy atom. The van der Waals surface area contributed by atoms with Crippen LogP contribution in [-0.4, -0.2) is 221 Å². The summed E-state index contributed by atoms with van der Waals surface area (Å²) in [5, 5.41) is 19.0. The first-order chi connectivity index (χ1) is 45.7. The number of alkyl halides is 9. The van der Waals surface area contributed by atoms with Crippen molar-refractivity contribution in [1.82, 2.24) is 85.0 Å². The standard InChI is InChI=1S/C20H19ClF3N7O2.C19H19ClF3N7O3S.C18H16ClF3N6O2/c1-11(32)30-4-5-31(15(9-30)19(33)28-10-20(22,23)24)16-2-3-25-18(29-16)14-8-27-17-13(14)6-12(21)7-26-17;1-34(32,33)29-4-5-30(14(9-29)18(31)27-10-19(21,22)23)15-2-3-24-17(28-15)13-8-26-16-12(13)6-11(20)7-25-16;19-9-3-11-12(6-25-15(11)24-5-9)16-23-2-1-14(27-16)28-7-10(29)4-13(28)17(30)26-8-18(20,21)22/h2-3,6-8,15H,4-5,9-10H2,1H3,(H,26,27)(H,28,33);2-3,6-8,14H,4-5,9-10H2,1H3,(H,25,26)(H,27,31);1-3,5-6,10,13,29H,4,7-8H2,(H,24,25)(H,26,30)/t15-;14-;10?,13-/m001/s1. The minimum absolute atomic E-state index is 0.00433. The number of aliphatic hydroxyl groups is 1. The summed E-state index contributed by atoms with van der Waals surface area (Å²) in [6.07, 6.45) is 0.288. The normalized spacial score (nSPS) is 18.0. The molecule has 3 aliphatic rings. The molecule has 3 saturated heterocycles. The van der Waals surface area contributed by atoms with Crippen LogP contribution in [0.5, 0.6) is 0 Å². The first-order valence-corrected chi connectivity index (χ1v) is 31.8. The van der Waals surface area contributed by atoms with Gasteiger partial charge in [0.15, 0.2) is 17.5 Å². The number of amides is 4. The van der Waals surface area contributed by atoms with Gasteiger partial charge in [0.25, 0.3) is 0 Å². The van der Waals surface area contributed by atoms with Gasteiger partial charge in [-0.05, 0) is 36.4 Å². The number of H-pyrrole nitrogens is 3. The van der Waals surface area contributed by atoms with Crippen LogP contribution in [0.1, 0.15) is 13.3 Å². The molecule has 514 valence electrons. The maximum atomic E-state index is 12.7. The SMILES string of the molecule is CC(=O)N1CCN(c2ccnc(-c3c[nH]c4ncc(Cl)cc34)n2)[C@H](C(=O)NCC(F)(F)F)C1.CS(=O)(=O)N1CCN(c2ccnc(-c3c[nH]c4ncc(Cl)cc34)n2)[C@H](C(=O)NCC(F)(F)F)C1.O=C(NCC(F)(F)F)[C@H]1CC(O)CN1c1ccnc(-c2c[nH]c3ncc(Cl)cc23)n1. The second-order valence-corrected chi connectivity index (χ2v) is 25.3. The molecular weight excluding hydrogens is 1390 g/mol. The number of carbonyl (C=O) groups is 4. The number of sulfonamides is 1. The van der Waals surface area contributed by atoms with Gasteiger partial charge in [-0.3, -0.25) is 19.2 Å². The molecule has 97 heavy (non-hydrogen) atoms. The largest absolute Gasteiger partial charge is 0.405 e. The molecule has 3 aliphatic heterocycles. The maximum Gasteiger partial charge on any atom is 0.405 e. The van der Waals surface area contributed by atoms with E-state index in [1.54, 1.807) is 47.8 Å². The number of hydrogen-bond donors (Lipinski definition) is 7. The van der Waals surface area contributed by atoms with E-state index in [-0.39, 0.29) is 63.2 Å². The van der Waals surface area contributed by atoms with Gasteiger partial charge in [0.1, 0.15) is 72.2 Å². The van der Waals surface area contributed by atoms with Gasteiger partial charge in [0.05, 0.1) is 34.0 Å². The minimum Gasteiger partial charge on any atom is -0.391 e. The second kappa shape index (κ2) is 28.8. The van der Waals surface area contributed by atoms with Gasteiger partial charge < -0.3 is 55.6 Å². The molecule has 0 spiro atoms. The van der Waals surface area contributed by atoms with Gasteiger partial charge >= 0.3 is 18.5 Å². The average Bonchev–Trinajstić information content (AvgIpc) is 1.75. The summed E-state index contributed by atoms with van der Waals surface area (Å²) in [6, 6.07) is 6.45. The molecular formula is C57H54Cl3F9N20O7S. The lowest BCUT2D eigenvalue weighted by Gasteiger charge is -2.40. The number of halogens is 12. The highest BCUT2D eigenvalue weighted by Gasteiger charge is 2.42. The lowest BCUT2D eigenvalue weighted by molar-refractivity contribution is -0.140. The van der Waals surface area contributed by atoms with Crippen LogP contribution < -0.4 is 30.7 Å². The topological polar surface area (TPSA) is 338 Å². The Labute approximate surface area is 557 Å². The number of aromatic nitrogens is 12. The number of nitrogens with one attached hydrogen (secondary N) is 6. The first-order valence-electron chi connectivity index (χ1n) is 28.9. The summed E-state index contributed by atoms with van der Waals surface area (Å²) in [5.41, 5.74) is 3.56. The number of aliphatic hydroxyl groups excluding tert-OH is 1. The van der Waals surface area contributed by atoms with E-state index in [2.05, 4.69) is 59.8 Å². The van der Waals surface area contributed by atoms with Crippen molar-refractivity contribution in [1.29, 1.82) is 0 Å². The molecule has 3 fully saturated rings. The number of piperazine rings is 2. The van der Waals surface area contributed by atoms with Crippen molar-refractivity contribution in [3.63, 3.8) is 0 Å². The Balaban J connectivity index is 0.000000158. The van der Waals surface area contributed by atoms with Crippen molar-refractivity contribution < 1.29 is 72.2 Å². The third kappa shape index (κ3) is 17.5. The van der Waals surface area contributed by atoms with E-state index in [1.807, 2.05) is 16.0 Å². The monoisotopic (exact) mass is 1440 g/mol. The van der Waals surface area contributed by atoms with Crippen LogP contribution in [0, 0.1) is 0 Å². The number of β-amino-alcohol motifs (C(OH)–C–C–N with tert-alkyl or cyclic N) is 1. The van der Waals surface area contributed by atoms with E-state index in [1.165, 1.54) is 70.9 Å². The van der Waals surface area contributed by atoms with Crippen molar-refractivity contribution in [2.45, 2.75) is 56.1 Å². The zero-order valence-electron chi connectivity index (χ0n) is 50.3. The summed E-state index contributed by atoms with van der Waals surface area (Å²) in [5.74, 6) is -1.07. The lowest BCUT2D eigenvalue weighted by atomic mass is 10.1. The zero-order valence-corrected chi connectivity index (χ0v) is 53.4. The number of rotatable bonds is 13. The van der Waals surface area contributed by atoms with Gasteiger partial charge in [0.2, 0.25) is 33.7 Å².